The van der Waals surface area contributed by atoms with Gasteiger partial charge in [-0.15, -0.1) is 0 Å². The largest absolute Gasteiger partial charge is 0.309 e. The number of benzodiazepines with no additional fused rings is 1. The summed E-state index contributed by atoms with van der Waals surface area (Å²) in [6.07, 6.45) is 0.865. The molecular formula is C18H17ClN2O. The second-order valence-corrected chi connectivity index (χ2v) is 5.60. The summed E-state index contributed by atoms with van der Waals surface area (Å²) in [5, 5.41) is 0. The summed E-state index contributed by atoms with van der Waals surface area (Å²) >= 11 is 6.26. The minimum absolute atomic E-state index is 0.165. The van der Waals surface area contributed by atoms with E-state index in [1.807, 2.05) is 61.5 Å². The topological polar surface area (TPSA) is 32.7 Å². The Morgan fingerprint density at radius 3 is 2.50 bits per heavy atom. The molecule has 1 aliphatic rings. The number of nitrogens with zero attached hydrogens (tertiary/aromatic N) is 2. The maximum Gasteiger partial charge on any atom is 0.267 e. The number of rotatable bonds is 3. The van der Waals surface area contributed by atoms with Crippen LogP contribution in [0.2, 0.25) is 0 Å². The fraction of sp³-hybridized carbons (Fsp3) is 0.222. The number of halogens is 1. The van der Waals surface area contributed by atoms with Crippen molar-refractivity contribution < 1.29 is 4.79 Å². The smallest absolute Gasteiger partial charge is 0.267 e. The van der Waals surface area contributed by atoms with E-state index in [9.17, 15) is 4.79 Å². The van der Waals surface area contributed by atoms with Gasteiger partial charge in [0.1, 0.15) is 0 Å². The lowest BCUT2D eigenvalue weighted by Gasteiger charge is -2.23. The minimum Gasteiger partial charge on any atom is -0.309 e. The second-order valence-electron chi connectivity index (χ2n) is 5.19. The first-order valence-electron chi connectivity index (χ1n) is 7.40. The normalized spacial score (nSPS) is 17.7. The molecule has 3 nitrogen and oxygen atoms in total. The molecule has 1 amide bonds. The van der Waals surface area contributed by atoms with E-state index in [0.29, 0.717) is 6.54 Å². The first-order valence-corrected chi connectivity index (χ1v) is 7.84. The van der Waals surface area contributed by atoms with Gasteiger partial charge in [-0.25, -0.2) is 0 Å². The highest BCUT2D eigenvalue weighted by atomic mass is 35.5. The Bertz CT molecular complexity index is 712. The monoisotopic (exact) mass is 312 g/mol. The molecular weight excluding hydrogens is 296 g/mol. The van der Waals surface area contributed by atoms with Gasteiger partial charge in [-0.05, 0) is 12.5 Å². The standard InChI is InChI=1S/C18H17ClN2O/c1-2-12-21-15-11-7-6-10-14(15)16(20-17(19)18(21)22)13-8-4-3-5-9-13/h3-11,17H,2,12H2,1H3. The van der Waals surface area contributed by atoms with Crippen LogP contribution in [-0.4, -0.2) is 23.7 Å². The maximum atomic E-state index is 12.6. The van der Waals surface area contributed by atoms with Gasteiger partial charge in [-0.3, -0.25) is 9.79 Å². The molecule has 0 bridgehead atoms. The summed E-state index contributed by atoms with van der Waals surface area (Å²) in [6.45, 7) is 2.68. The number of para-hydroxylation sites is 1. The highest BCUT2D eigenvalue weighted by molar-refractivity contribution is 6.35. The number of hydrogen-bond donors (Lipinski definition) is 0. The van der Waals surface area contributed by atoms with Gasteiger partial charge >= 0.3 is 0 Å². The quantitative estimate of drug-likeness (QED) is 0.626. The molecule has 22 heavy (non-hydrogen) atoms. The number of anilines is 1. The van der Waals surface area contributed by atoms with Crippen LogP contribution in [0.5, 0.6) is 0 Å². The lowest BCUT2D eigenvalue weighted by Crippen LogP contribution is -2.36. The van der Waals surface area contributed by atoms with Crippen LogP contribution in [0.3, 0.4) is 0 Å². The molecule has 112 valence electrons. The molecule has 0 radical (unpaired) electrons. The van der Waals surface area contributed by atoms with E-state index in [1.54, 1.807) is 4.90 Å². The maximum absolute atomic E-state index is 12.6. The van der Waals surface area contributed by atoms with Gasteiger partial charge in [-0.1, -0.05) is 67.1 Å². The van der Waals surface area contributed by atoms with Crippen molar-refractivity contribution in [2.24, 2.45) is 4.99 Å². The fourth-order valence-electron chi connectivity index (χ4n) is 2.67. The van der Waals surface area contributed by atoms with Crippen molar-refractivity contribution in [3.05, 3.63) is 65.7 Å². The van der Waals surface area contributed by atoms with E-state index < -0.39 is 5.50 Å². The molecule has 2 aromatic rings. The molecule has 0 N–H and O–H groups in total. The molecule has 1 heterocycles. The van der Waals surface area contributed by atoms with E-state index in [2.05, 4.69) is 4.99 Å². The third-order valence-corrected chi connectivity index (χ3v) is 3.94. The number of aliphatic imine (C=N–C) groups is 1. The van der Waals surface area contributed by atoms with Crippen LogP contribution >= 0.6 is 11.6 Å². The van der Waals surface area contributed by atoms with Gasteiger partial charge in [-0.2, -0.15) is 0 Å². The van der Waals surface area contributed by atoms with Crippen LogP contribution in [0.15, 0.2) is 59.6 Å². The van der Waals surface area contributed by atoms with E-state index in [4.69, 9.17) is 11.6 Å². The zero-order chi connectivity index (χ0) is 15.5. The molecule has 0 saturated heterocycles. The molecule has 1 unspecified atom stereocenters. The Morgan fingerprint density at radius 2 is 1.77 bits per heavy atom. The van der Waals surface area contributed by atoms with Crippen LogP contribution in [0.1, 0.15) is 24.5 Å². The van der Waals surface area contributed by atoms with Gasteiger partial charge in [0.15, 0.2) is 0 Å². The Balaban J connectivity index is 2.20. The van der Waals surface area contributed by atoms with Crippen molar-refractivity contribution in [3.8, 4) is 0 Å². The van der Waals surface area contributed by atoms with E-state index in [1.165, 1.54) is 0 Å². The van der Waals surface area contributed by atoms with Crippen molar-refractivity contribution >= 4 is 28.9 Å². The number of benzene rings is 2. The molecule has 0 aliphatic carbocycles. The van der Waals surface area contributed by atoms with Gasteiger partial charge in [0.25, 0.3) is 5.91 Å². The molecule has 3 rings (SSSR count). The lowest BCUT2D eigenvalue weighted by atomic mass is 10.0. The van der Waals surface area contributed by atoms with Crippen molar-refractivity contribution in [3.63, 3.8) is 0 Å². The fourth-order valence-corrected chi connectivity index (χ4v) is 2.89. The number of carbonyl (C=O) groups excluding carboxylic acids is 1. The predicted octanol–water partition coefficient (Wildman–Crippen LogP) is 3.85. The SMILES string of the molecule is CCCN1C(=O)C(Cl)N=C(c2ccccc2)c2ccccc21. The second kappa shape index (κ2) is 6.32. The number of alkyl halides is 1. The van der Waals surface area contributed by atoms with Gasteiger partial charge < -0.3 is 4.90 Å². The van der Waals surface area contributed by atoms with Crippen LogP contribution in [0, 0.1) is 0 Å². The van der Waals surface area contributed by atoms with Crippen LogP contribution in [-0.2, 0) is 4.79 Å². The highest BCUT2D eigenvalue weighted by Gasteiger charge is 2.29. The van der Waals surface area contributed by atoms with Crippen LogP contribution in [0.25, 0.3) is 0 Å². The van der Waals surface area contributed by atoms with Crippen molar-refractivity contribution in [1.29, 1.82) is 0 Å². The predicted molar refractivity (Wildman–Crippen MR) is 90.8 cm³/mol. The van der Waals surface area contributed by atoms with Gasteiger partial charge in [0, 0.05) is 17.7 Å². The lowest BCUT2D eigenvalue weighted by molar-refractivity contribution is -0.118. The number of fused-ring (bicyclic) bond motifs is 1. The minimum atomic E-state index is -0.894. The van der Waals surface area contributed by atoms with Crippen molar-refractivity contribution in [1.82, 2.24) is 0 Å². The number of hydrogen-bond acceptors (Lipinski definition) is 2. The molecule has 4 heteroatoms. The van der Waals surface area contributed by atoms with Crippen molar-refractivity contribution in [2.75, 3.05) is 11.4 Å². The average Bonchev–Trinajstić information content (AvgIpc) is 2.67. The first-order chi connectivity index (χ1) is 10.7. The molecule has 0 aromatic heterocycles. The highest BCUT2D eigenvalue weighted by Crippen LogP contribution is 2.29. The van der Waals surface area contributed by atoms with Crippen LogP contribution < -0.4 is 4.90 Å². The zero-order valence-electron chi connectivity index (χ0n) is 12.4. The summed E-state index contributed by atoms with van der Waals surface area (Å²) in [5.41, 5.74) is 2.66. The summed E-state index contributed by atoms with van der Waals surface area (Å²) in [6, 6.07) is 17.7. The summed E-state index contributed by atoms with van der Waals surface area (Å²) < 4.78 is 0. The molecule has 0 spiro atoms. The summed E-state index contributed by atoms with van der Waals surface area (Å²) in [4.78, 5) is 18.8. The zero-order valence-corrected chi connectivity index (χ0v) is 13.1. The Labute approximate surface area is 135 Å². The molecule has 1 aliphatic heterocycles. The molecule has 0 saturated carbocycles. The molecule has 0 fully saturated rings. The third-order valence-electron chi connectivity index (χ3n) is 3.66. The Morgan fingerprint density at radius 1 is 1.09 bits per heavy atom. The summed E-state index contributed by atoms with van der Waals surface area (Å²) in [5.74, 6) is -0.165. The average molecular weight is 313 g/mol. The molecule has 2 aromatic carbocycles. The Kier molecular flexibility index (Phi) is 4.25. The van der Waals surface area contributed by atoms with E-state index in [-0.39, 0.29) is 5.91 Å². The van der Waals surface area contributed by atoms with Crippen LogP contribution in [0.4, 0.5) is 5.69 Å². The van der Waals surface area contributed by atoms with Gasteiger partial charge in [0.2, 0.25) is 5.50 Å². The van der Waals surface area contributed by atoms with E-state index in [0.717, 1.165) is 28.9 Å². The third kappa shape index (κ3) is 2.64. The van der Waals surface area contributed by atoms with Crippen molar-refractivity contribution in [2.45, 2.75) is 18.8 Å². The first kappa shape index (κ1) is 14.8. The number of carbonyl (C=O) groups is 1. The number of amides is 1. The Hall–Kier alpha value is -2.13. The summed E-state index contributed by atoms with van der Waals surface area (Å²) in [7, 11) is 0. The molecule has 1 atom stereocenters. The van der Waals surface area contributed by atoms with Gasteiger partial charge in [0.05, 0.1) is 11.4 Å². The van der Waals surface area contributed by atoms with E-state index >= 15 is 0 Å².